The van der Waals surface area contributed by atoms with E-state index >= 15 is 0 Å². The van der Waals surface area contributed by atoms with E-state index in [1.165, 1.54) is 5.56 Å². The fourth-order valence-corrected chi connectivity index (χ4v) is 1.79. The second-order valence-electron chi connectivity index (χ2n) is 2.72. The standard InChI is InChI=1S/C9H14N2S/c1-2-3-9(11-10)6-8-4-5-12-7-8/h2,4-5,7,9,11H,1,3,6,10H2. The molecule has 12 heavy (non-hydrogen) atoms. The average molecular weight is 182 g/mol. The minimum Gasteiger partial charge on any atom is -0.271 e. The van der Waals surface area contributed by atoms with Gasteiger partial charge in [0.25, 0.3) is 0 Å². The minimum atomic E-state index is 0.317. The molecule has 1 unspecified atom stereocenters. The predicted octanol–water partition coefficient (Wildman–Crippen LogP) is 1.70. The van der Waals surface area contributed by atoms with E-state index in [-0.39, 0.29) is 0 Å². The Morgan fingerprint density at radius 3 is 3.08 bits per heavy atom. The molecule has 1 rings (SSSR count). The topological polar surface area (TPSA) is 38.0 Å². The monoisotopic (exact) mass is 182 g/mol. The Labute approximate surface area is 77.1 Å². The number of hydrogen-bond donors (Lipinski definition) is 2. The molecule has 3 heteroatoms. The van der Waals surface area contributed by atoms with Crippen LogP contribution in [0.15, 0.2) is 29.5 Å². The Morgan fingerprint density at radius 1 is 1.75 bits per heavy atom. The smallest absolute Gasteiger partial charge is 0.0285 e. The first-order valence-corrected chi connectivity index (χ1v) is 4.89. The molecule has 3 N–H and O–H groups in total. The molecule has 0 aliphatic heterocycles. The van der Waals surface area contributed by atoms with E-state index in [1.54, 1.807) is 11.3 Å². The van der Waals surface area contributed by atoms with Crippen molar-refractivity contribution in [3.8, 4) is 0 Å². The van der Waals surface area contributed by atoms with Gasteiger partial charge in [0.05, 0.1) is 0 Å². The summed E-state index contributed by atoms with van der Waals surface area (Å²) in [6.45, 7) is 3.68. The highest BCUT2D eigenvalue weighted by Crippen LogP contribution is 2.09. The van der Waals surface area contributed by atoms with Crippen molar-refractivity contribution in [2.75, 3.05) is 0 Å². The lowest BCUT2D eigenvalue weighted by Gasteiger charge is -2.11. The highest BCUT2D eigenvalue weighted by atomic mass is 32.1. The molecule has 0 amide bonds. The van der Waals surface area contributed by atoms with Crippen LogP contribution in [0.4, 0.5) is 0 Å². The SMILES string of the molecule is C=CCC(Cc1ccsc1)NN. The summed E-state index contributed by atoms with van der Waals surface area (Å²) in [7, 11) is 0. The summed E-state index contributed by atoms with van der Waals surface area (Å²) in [5.74, 6) is 5.38. The van der Waals surface area contributed by atoms with Gasteiger partial charge in [-0.25, -0.2) is 0 Å². The lowest BCUT2D eigenvalue weighted by atomic mass is 10.1. The van der Waals surface area contributed by atoms with E-state index in [9.17, 15) is 0 Å². The molecule has 1 heterocycles. The van der Waals surface area contributed by atoms with Crippen LogP contribution >= 0.6 is 11.3 Å². The van der Waals surface area contributed by atoms with Gasteiger partial charge in [-0.2, -0.15) is 11.3 Å². The van der Waals surface area contributed by atoms with E-state index in [0.717, 1.165) is 12.8 Å². The second kappa shape index (κ2) is 5.09. The highest BCUT2D eigenvalue weighted by molar-refractivity contribution is 7.07. The molecule has 0 saturated carbocycles. The fraction of sp³-hybridized carbons (Fsp3) is 0.333. The number of nitrogens with one attached hydrogen (secondary N) is 1. The third-order valence-corrected chi connectivity index (χ3v) is 2.48. The summed E-state index contributed by atoms with van der Waals surface area (Å²) < 4.78 is 0. The number of hydrogen-bond acceptors (Lipinski definition) is 3. The van der Waals surface area contributed by atoms with Gasteiger partial charge in [0.2, 0.25) is 0 Å². The van der Waals surface area contributed by atoms with Crippen molar-refractivity contribution in [1.82, 2.24) is 5.43 Å². The van der Waals surface area contributed by atoms with Gasteiger partial charge in [-0.15, -0.1) is 6.58 Å². The van der Waals surface area contributed by atoms with Crippen molar-refractivity contribution in [3.05, 3.63) is 35.0 Å². The van der Waals surface area contributed by atoms with E-state index < -0.39 is 0 Å². The maximum Gasteiger partial charge on any atom is 0.0285 e. The van der Waals surface area contributed by atoms with Crippen LogP contribution in [0.25, 0.3) is 0 Å². The van der Waals surface area contributed by atoms with Gasteiger partial charge in [-0.1, -0.05) is 6.08 Å². The molecule has 1 aromatic heterocycles. The summed E-state index contributed by atoms with van der Waals surface area (Å²) in [6, 6.07) is 2.44. The van der Waals surface area contributed by atoms with E-state index in [1.807, 2.05) is 6.08 Å². The molecule has 0 spiro atoms. The normalized spacial score (nSPS) is 12.8. The zero-order valence-electron chi connectivity index (χ0n) is 6.99. The van der Waals surface area contributed by atoms with Crippen LogP contribution < -0.4 is 11.3 Å². The van der Waals surface area contributed by atoms with Crippen molar-refractivity contribution in [1.29, 1.82) is 0 Å². The maximum atomic E-state index is 5.38. The van der Waals surface area contributed by atoms with Crippen molar-refractivity contribution < 1.29 is 0 Å². The molecule has 1 aromatic rings. The fourth-order valence-electron chi connectivity index (χ4n) is 1.10. The molecule has 0 fully saturated rings. The highest BCUT2D eigenvalue weighted by Gasteiger charge is 2.04. The summed E-state index contributed by atoms with van der Waals surface area (Å²) in [5.41, 5.74) is 4.11. The van der Waals surface area contributed by atoms with E-state index in [4.69, 9.17) is 5.84 Å². The summed E-state index contributed by atoms with van der Waals surface area (Å²) in [4.78, 5) is 0. The van der Waals surface area contributed by atoms with Crippen molar-refractivity contribution >= 4 is 11.3 Å². The van der Waals surface area contributed by atoms with Gasteiger partial charge in [0, 0.05) is 6.04 Å². The van der Waals surface area contributed by atoms with Gasteiger partial charge < -0.3 is 0 Å². The molecule has 0 bridgehead atoms. The lowest BCUT2D eigenvalue weighted by molar-refractivity contribution is 0.531. The first-order chi connectivity index (χ1) is 5.86. The predicted molar refractivity (Wildman–Crippen MR) is 53.9 cm³/mol. The number of nitrogens with two attached hydrogens (primary N) is 1. The molecule has 2 nitrogen and oxygen atoms in total. The quantitative estimate of drug-likeness (QED) is 0.413. The summed E-state index contributed by atoms with van der Waals surface area (Å²) in [6.07, 6.45) is 3.77. The van der Waals surface area contributed by atoms with Gasteiger partial charge in [0.15, 0.2) is 0 Å². The third-order valence-electron chi connectivity index (χ3n) is 1.75. The largest absolute Gasteiger partial charge is 0.271 e. The van der Waals surface area contributed by atoms with Crippen LogP contribution in [0.2, 0.25) is 0 Å². The van der Waals surface area contributed by atoms with Gasteiger partial charge in [-0.3, -0.25) is 11.3 Å². The number of rotatable bonds is 5. The Morgan fingerprint density at radius 2 is 2.58 bits per heavy atom. The molecule has 1 atom stereocenters. The minimum absolute atomic E-state index is 0.317. The van der Waals surface area contributed by atoms with Crippen molar-refractivity contribution in [2.45, 2.75) is 18.9 Å². The van der Waals surface area contributed by atoms with Crippen LogP contribution in [0, 0.1) is 0 Å². The molecule has 0 aliphatic carbocycles. The van der Waals surface area contributed by atoms with E-state index in [0.29, 0.717) is 6.04 Å². The molecule has 0 aromatic carbocycles. The molecular weight excluding hydrogens is 168 g/mol. The van der Waals surface area contributed by atoms with Crippen molar-refractivity contribution in [2.24, 2.45) is 5.84 Å². The molecule has 66 valence electrons. The number of hydrazine groups is 1. The van der Waals surface area contributed by atoms with Crippen LogP contribution in [0.5, 0.6) is 0 Å². The Balaban J connectivity index is 2.42. The Hall–Kier alpha value is -0.640. The molecule has 0 aliphatic rings. The second-order valence-corrected chi connectivity index (χ2v) is 3.50. The molecular formula is C9H14N2S. The van der Waals surface area contributed by atoms with Crippen molar-refractivity contribution in [3.63, 3.8) is 0 Å². The van der Waals surface area contributed by atoms with Crippen LogP contribution in [0.3, 0.4) is 0 Å². The number of thiophene rings is 1. The van der Waals surface area contributed by atoms with Gasteiger partial charge in [0.1, 0.15) is 0 Å². The molecule has 0 radical (unpaired) electrons. The summed E-state index contributed by atoms with van der Waals surface area (Å²) in [5, 5.41) is 4.23. The van der Waals surface area contributed by atoms with Crippen LogP contribution in [0.1, 0.15) is 12.0 Å². The maximum absolute atomic E-state index is 5.38. The average Bonchev–Trinajstić information content (AvgIpc) is 2.56. The Kier molecular flexibility index (Phi) is 4.00. The third kappa shape index (κ3) is 2.77. The zero-order valence-corrected chi connectivity index (χ0v) is 7.81. The Bertz CT molecular complexity index is 218. The van der Waals surface area contributed by atoms with E-state index in [2.05, 4.69) is 28.8 Å². The zero-order chi connectivity index (χ0) is 8.81. The van der Waals surface area contributed by atoms with Gasteiger partial charge >= 0.3 is 0 Å². The summed E-state index contributed by atoms with van der Waals surface area (Å²) >= 11 is 1.72. The molecule has 0 saturated heterocycles. The first kappa shape index (κ1) is 9.45. The first-order valence-electron chi connectivity index (χ1n) is 3.95. The lowest BCUT2D eigenvalue weighted by Crippen LogP contribution is -2.36. The van der Waals surface area contributed by atoms with Crippen LogP contribution in [-0.4, -0.2) is 6.04 Å². The van der Waals surface area contributed by atoms with Crippen LogP contribution in [-0.2, 0) is 6.42 Å². The van der Waals surface area contributed by atoms with Gasteiger partial charge in [-0.05, 0) is 35.2 Å².